The number of furan rings is 1. The summed E-state index contributed by atoms with van der Waals surface area (Å²) in [7, 11) is 0. The molecule has 0 unspecified atom stereocenters. The molecule has 134 valence electrons. The van der Waals surface area contributed by atoms with Gasteiger partial charge in [-0.2, -0.15) is 0 Å². The third-order valence-corrected chi connectivity index (χ3v) is 3.68. The molecule has 0 radical (unpaired) electrons. The number of aryl methyl sites for hydroxylation is 1. The lowest BCUT2D eigenvalue weighted by Crippen LogP contribution is -2.35. The molecule has 2 aromatic heterocycles. The molecule has 7 heteroatoms. The zero-order chi connectivity index (χ0) is 18.1. The maximum absolute atomic E-state index is 12.7. The van der Waals surface area contributed by atoms with Gasteiger partial charge in [0.1, 0.15) is 11.5 Å². The number of aromatic nitrogens is 2. The number of nitrogens with zero attached hydrogens (tertiary/aromatic N) is 3. The van der Waals surface area contributed by atoms with Gasteiger partial charge in [0.15, 0.2) is 0 Å². The first kappa shape index (κ1) is 18.6. The maximum atomic E-state index is 12.7. The number of carbonyl (C=O) groups excluding carboxylic acids is 2. The van der Waals surface area contributed by atoms with Crippen molar-refractivity contribution in [3.8, 4) is 0 Å². The van der Waals surface area contributed by atoms with E-state index in [1.807, 2.05) is 6.92 Å². The fourth-order valence-electron chi connectivity index (χ4n) is 2.24. The minimum atomic E-state index is -0.273. The quantitative estimate of drug-likeness (QED) is 0.705. The van der Waals surface area contributed by atoms with Gasteiger partial charge >= 0.3 is 0 Å². The van der Waals surface area contributed by atoms with Crippen molar-refractivity contribution >= 4 is 11.8 Å². The highest BCUT2D eigenvalue weighted by molar-refractivity contribution is 5.92. The summed E-state index contributed by atoms with van der Waals surface area (Å²) in [4.78, 5) is 34.4. The standard InChI is InChI=1S/C18H24N4O3/c1-3-4-8-19-17(23)7-9-22(13-15-6-5-10-25-15)18(24)16-12-20-14(2)11-21-16/h5-6,10-12H,3-4,7-9,13H2,1-2H3,(H,19,23). The second-order valence-electron chi connectivity index (χ2n) is 5.80. The van der Waals surface area contributed by atoms with E-state index >= 15 is 0 Å². The molecular weight excluding hydrogens is 320 g/mol. The number of hydrogen-bond acceptors (Lipinski definition) is 5. The van der Waals surface area contributed by atoms with Gasteiger partial charge in [0, 0.05) is 25.7 Å². The molecule has 2 amide bonds. The highest BCUT2D eigenvalue weighted by Crippen LogP contribution is 2.10. The summed E-state index contributed by atoms with van der Waals surface area (Å²) in [5.74, 6) is 0.311. The minimum absolute atomic E-state index is 0.0688. The predicted molar refractivity (Wildman–Crippen MR) is 92.8 cm³/mol. The van der Waals surface area contributed by atoms with Crippen LogP contribution in [0.25, 0.3) is 0 Å². The van der Waals surface area contributed by atoms with Crippen LogP contribution < -0.4 is 5.32 Å². The van der Waals surface area contributed by atoms with Crippen molar-refractivity contribution in [2.75, 3.05) is 13.1 Å². The van der Waals surface area contributed by atoms with Gasteiger partial charge in [-0.15, -0.1) is 0 Å². The van der Waals surface area contributed by atoms with Crippen molar-refractivity contribution < 1.29 is 14.0 Å². The van der Waals surface area contributed by atoms with E-state index in [-0.39, 0.29) is 37.0 Å². The Hall–Kier alpha value is -2.70. The van der Waals surface area contributed by atoms with Crippen LogP contribution in [0.2, 0.25) is 0 Å². The van der Waals surface area contributed by atoms with E-state index in [0.29, 0.717) is 12.3 Å². The molecule has 0 aromatic carbocycles. The zero-order valence-corrected chi connectivity index (χ0v) is 14.7. The zero-order valence-electron chi connectivity index (χ0n) is 14.7. The molecule has 0 saturated heterocycles. The molecule has 0 fully saturated rings. The average molecular weight is 344 g/mol. The normalized spacial score (nSPS) is 10.5. The van der Waals surface area contributed by atoms with Crippen LogP contribution in [-0.2, 0) is 11.3 Å². The van der Waals surface area contributed by atoms with E-state index in [1.54, 1.807) is 29.5 Å². The molecule has 0 spiro atoms. The summed E-state index contributed by atoms with van der Waals surface area (Å²) in [6.07, 6.45) is 6.76. The van der Waals surface area contributed by atoms with E-state index < -0.39 is 0 Å². The van der Waals surface area contributed by atoms with Crippen molar-refractivity contribution in [1.29, 1.82) is 0 Å². The van der Waals surface area contributed by atoms with Crippen molar-refractivity contribution in [1.82, 2.24) is 20.2 Å². The summed E-state index contributed by atoms with van der Waals surface area (Å²) in [5.41, 5.74) is 0.994. The minimum Gasteiger partial charge on any atom is -0.467 e. The summed E-state index contributed by atoms with van der Waals surface area (Å²) in [5, 5.41) is 2.86. The van der Waals surface area contributed by atoms with Crippen LogP contribution in [0.1, 0.15) is 48.1 Å². The van der Waals surface area contributed by atoms with E-state index in [2.05, 4.69) is 22.2 Å². The fourth-order valence-corrected chi connectivity index (χ4v) is 2.24. The lowest BCUT2D eigenvalue weighted by atomic mass is 10.2. The number of hydrogen-bond donors (Lipinski definition) is 1. The molecular formula is C18H24N4O3. The first-order chi connectivity index (χ1) is 12.1. The van der Waals surface area contributed by atoms with Crippen LogP contribution >= 0.6 is 0 Å². The summed E-state index contributed by atoms with van der Waals surface area (Å²) in [6.45, 7) is 5.10. The van der Waals surface area contributed by atoms with Crippen molar-refractivity contribution in [3.63, 3.8) is 0 Å². The molecule has 2 heterocycles. The van der Waals surface area contributed by atoms with Gasteiger partial charge in [-0.25, -0.2) is 4.98 Å². The molecule has 0 atom stereocenters. The Morgan fingerprint density at radius 2 is 2.12 bits per heavy atom. The lowest BCUT2D eigenvalue weighted by molar-refractivity contribution is -0.121. The van der Waals surface area contributed by atoms with E-state index in [1.165, 1.54) is 6.20 Å². The summed E-state index contributed by atoms with van der Waals surface area (Å²) in [6, 6.07) is 3.56. The van der Waals surface area contributed by atoms with Gasteiger partial charge in [-0.05, 0) is 25.5 Å². The Balaban J connectivity index is 2.01. The van der Waals surface area contributed by atoms with Crippen LogP contribution in [0, 0.1) is 6.92 Å². The highest BCUT2D eigenvalue weighted by atomic mass is 16.3. The number of rotatable bonds is 9. The van der Waals surface area contributed by atoms with Gasteiger partial charge in [0.2, 0.25) is 5.91 Å². The number of carbonyl (C=O) groups is 2. The Bertz CT molecular complexity index is 668. The largest absolute Gasteiger partial charge is 0.467 e. The van der Waals surface area contributed by atoms with E-state index in [4.69, 9.17) is 4.42 Å². The van der Waals surface area contributed by atoms with E-state index in [9.17, 15) is 9.59 Å². The van der Waals surface area contributed by atoms with E-state index in [0.717, 1.165) is 18.5 Å². The Morgan fingerprint density at radius 3 is 2.76 bits per heavy atom. The monoisotopic (exact) mass is 344 g/mol. The topological polar surface area (TPSA) is 88.3 Å². The smallest absolute Gasteiger partial charge is 0.274 e. The van der Waals surface area contributed by atoms with Crippen molar-refractivity contribution in [2.24, 2.45) is 0 Å². The molecule has 7 nitrogen and oxygen atoms in total. The molecule has 2 aromatic rings. The molecule has 25 heavy (non-hydrogen) atoms. The van der Waals surface area contributed by atoms with Crippen LogP contribution in [-0.4, -0.2) is 39.8 Å². The fraction of sp³-hybridized carbons (Fsp3) is 0.444. The number of unbranched alkanes of at least 4 members (excludes halogenated alkanes) is 1. The van der Waals surface area contributed by atoms with Gasteiger partial charge in [-0.1, -0.05) is 13.3 Å². The predicted octanol–water partition coefficient (Wildman–Crippen LogP) is 2.33. The molecule has 0 bridgehead atoms. The van der Waals surface area contributed by atoms with Crippen molar-refractivity contribution in [3.05, 3.63) is 47.9 Å². The van der Waals surface area contributed by atoms with Crippen LogP contribution in [0.5, 0.6) is 0 Å². The second kappa shape index (κ2) is 9.56. The number of nitrogens with one attached hydrogen (secondary N) is 1. The summed E-state index contributed by atoms with van der Waals surface area (Å²) >= 11 is 0. The van der Waals surface area contributed by atoms with Crippen LogP contribution in [0.3, 0.4) is 0 Å². The average Bonchev–Trinajstić information content (AvgIpc) is 3.12. The highest BCUT2D eigenvalue weighted by Gasteiger charge is 2.19. The first-order valence-corrected chi connectivity index (χ1v) is 8.47. The van der Waals surface area contributed by atoms with Gasteiger partial charge in [-0.3, -0.25) is 14.6 Å². The maximum Gasteiger partial charge on any atom is 0.274 e. The molecule has 0 saturated carbocycles. The molecule has 0 aliphatic heterocycles. The summed E-state index contributed by atoms with van der Waals surface area (Å²) < 4.78 is 5.32. The van der Waals surface area contributed by atoms with Crippen molar-refractivity contribution in [2.45, 2.75) is 39.7 Å². The second-order valence-corrected chi connectivity index (χ2v) is 5.80. The first-order valence-electron chi connectivity index (χ1n) is 8.47. The van der Waals surface area contributed by atoms with Crippen LogP contribution in [0.15, 0.2) is 35.2 Å². The van der Waals surface area contributed by atoms with Crippen LogP contribution in [0.4, 0.5) is 0 Å². The molecule has 1 N–H and O–H groups in total. The third-order valence-electron chi connectivity index (χ3n) is 3.68. The van der Waals surface area contributed by atoms with Gasteiger partial charge < -0.3 is 14.6 Å². The molecule has 0 aliphatic carbocycles. The van der Waals surface area contributed by atoms with Gasteiger partial charge in [0.25, 0.3) is 5.91 Å². The lowest BCUT2D eigenvalue weighted by Gasteiger charge is -2.21. The van der Waals surface area contributed by atoms with Gasteiger partial charge in [0.05, 0.1) is 24.7 Å². The Labute approximate surface area is 147 Å². The number of amides is 2. The Kier molecular flexibility index (Phi) is 7.13. The third kappa shape index (κ3) is 6.02. The Morgan fingerprint density at radius 1 is 1.28 bits per heavy atom. The molecule has 2 rings (SSSR count). The molecule has 0 aliphatic rings. The SMILES string of the molecule is CCCCNC(=O)CCN(Cc1ccco1)C(=O)c1cnc(C)cn1.